The van der Waals surface area contributed by atoms with Gasteiger partial charge in [0.05, 0.1) is 17.8 Å². The molecule has 3 rings (SSSR count). The van der Waals surface area contributed by atoms with Gasteiger partial charge in [0.2, 0.25) is 11.8 Å². The van der Waals surface area contributed by atoms with Crippen molar-refractivity contribution in [2.75, 3.05) is 12.3 Å². The molecule has 2 N–H and O–H groups in total. The van der Waals surface area contributed by atoms with E-state index in [9.17, 15) is 0 Å². The van der Waals surface area contributed by atoms with E-state index in [4.69, 9.17) is 14.9 Å². The number of ether oxygens (including phenoxy) is 1. The maximum Gasteiger partial charge on any atom is 0.214 e. The molecule has 21 heavy (non-hydrogen) atoms. The lowest BCUT2D eigenvalue weighted by molar-refractivity contribution is 0.343. The molecule has 0 fully saturated rings. The minimum Gasteiger partial charge on any atom is -0.492 e. The fraction of sp³-hybridized carbons (Fsp3) is 0.333. The van der Waals surface area contributed by atoms with Gasteiger partial charge in [0, 0.05) is 0 Å². The first-order valence-electron chi connectivity index (χ1n) is 6.90. The topological polar surface area (TPSA) is 79.1 Å². The monoisotopic (exact) mass is 286 g/mol. The van der Waals surface area contributed by atoms with Crippen LogP contribution in [0, 0.1) is 13.8 Å². The number of imidazole rings is 1. The molecule has 0 aliphatic carbocycles. The molecular formula is C15H18N4O2. The van der Waals surface area contributed by atoms with Crippen LogP contribution in [0.4, 0.5) is 5.95 Å². The Kier molecular flexibility index (Phi) is 3.29. The van der Waals surface area contributed by atoms with Gasteiger partial charge in [-0.2, -0.15) is 0 Å². The fourth-order valence-electron chi connectivity index (χ4n) is 2.32. The zero-order valence-electron chi connectivity index (χ0n) is 12.4. The highest BCUT2D eigenvalue weighted by Gasteiger charge is 2.15. The van der Waals surface area contributed by atoms with Crippen molar-refractivity contribution < 1.29 is 9.15 Å². The van der Waals surface area contributed by atoms with Crippen LogP contribution in [0.1, 0.15) is 24.3 Å². The standard InChI is InChI=1S/C15H18N4O2/c1-4-20-12-7-5-6-11-14(12)18-15(16)19(11)8-13-17-9(2)10(3)21-13/h5-7H,4,8H2,1-3H3,(H2,16,18). The predicted molar refractivity (Wildman–Crippen MR) is 80.4 cm³/mol. The number of hydrogen-bond donors (Lipinski definition) is 1. The molecule has 0 radical (unpaired) electrons. The molecule has 0 amide bonds. The van der Waals surface area contributed by atoms with Crippen molar-refractivity contribution in [3.63, 3.8) is 0 Å². The first-order valence-corrected chi connectivity index (χ1v) is 6.90. The summed E-state index contributed by atoms with van der Waals surface area (Å²) in [5.74, 6) is 2.60. The normalized spacial score (nSPS) is 11.2. The fourth-order valence-corrected chi connectivity index (χ4v) is 2.32. The summed E-state index contributed by atoms with van der Waals surface area (Å²) in [4.78, 5) is 8.79. The van der Waals surface area contributed by atoms with Crippen LogP contribution in [0.15, 0.2) is 22.6 Å². The van der Waals surface area contributed by atoms with Gasteiger partial charge in [0.25, 0.3) is 0 Å². The van der Waals surface area contributed by atoms with Gasteiger partial charge < -0.3 is 19.5 Å². The van der Waals surface area contributed by atoms with E-state index in [0.717, 1.165) is 28.2 Å². The highest BCUT2D eigenvalue weighted by Crippen LogP contribution is 2.27. The number of aryl methyl sites for hydroxylation is 2. The van der Waals surface area contributed by atoms with Crippen LogP contribution in [0.2, 0.25) is 0 Å². The second-order valence-corrected chi connectivity index (χ2v) is 4.86. The van der Waals surface area contributed by atoms with Gasteiger partial charge in [0.1, 0.15) is 23.6 Å². The number of anilines is 1. The summed E-state index contributed by atoms with van der Waals surface area (Å²) < 4.78 is 13.1. The van der Waals surface area contributed by atoms with Crippen molar-refractivity contribution in [1.82, 2.24) is 14.5 Å². The Balaban J connectivity index is 2.06. The van der Waals surface area contributed by atoms with Crippen molar-refractivity contribution in [2.45, 2.75) is 27.3 Å². The molecule has 0 atom stereocenters. The summed E-state index contributed by atoms with van der Waals surface area (Å²) in [5, 5.41) is 0. The van der Waals surface area contributed by atoms with Gasteiger partial charge in [-0.15, -0.1) is 0 Å². The molecule has 0 aliphatic heterocycles. The number of nitrogen functional groups attached to an aromatic ring is 1. The van der Waals surface area contributed by atoms with Crippen LogP contribution in [0.3, 0.4) is 0 Å². The third kappa shape index (κ3) is 2.33. The Morgan fingerprint density at radius 3 is 2.76 bits per heavy atom. The third-order valence-electron chi connectivity index (χ3n) is 3.44. The van der Waals surface area contributed by atoms with Crippen LogP contribution in [-0.2, 0) is 6.54 Å². The molecule has 0 aliphatic rings. The Bertz CT molecular complexity index is 769. The largest absolute Gasteiger partial charge is 0.492 e. The van der Waals surface area contributed by atoms with E-state index in [0.29, 0.717) is 25.0 Å². The SMILES string of the molecule is CCOc1cccc2c1nc(N)n2Cc1nc(C)c(C)o1. The highest BCUT2D eigenvalue weighted by atomic mass is 16.5. The van der Waals surface area contributed by atoms with Crippen LogP contribution in [0.5, 0.6) is 5.75 Å². The number of aromatic nitrogens is 3. The van der Waals surface area contributed by atoms with Gasteiger partial charge in [-0.05, 0) is 32.9 Å². The van der Waals surface area contributed by atoms with Gasteiger partial charge >= 0.3 is 0 Å². The number of para-hydroxylation sites is 1. The van der Waals surface area contributed by atoms with E-state index in [1.165, 1.54) is 0 Å². The maximum atomic E-state index is 6.04. The summed E-state index contributed by atoms with van der Waals surface area (Å²) in [6.07, 6.45) is 0. The zero-order chi connectivity index (χ0) is 15.0. The van der Waals surface area contributed by atoms with Crippen molar-refractivity contribution in [3.05, 3.63) is 35.5 Å². The van der Waals surface area contributed by atoms with Gasteiger partial charge in [-0.3, -0.25) is 0 Å². The Labute approximate surface area is 122 Å². The molecule has 0 saturated heterocycles. The van der Waals surface area contributed by atoms with E-state index < -0.39 is 0 Å². The number of benzene rings is 1. The van der Waals surface area contributed by atoms with Gasteiger partial charge in [0.15, 0.2) is 0 Å². The summed E-state index contributed by atoms with van der Waals surface area (Å²) in [6, 6.07) is 5.78. The summed E-state index contributed by atoms with van der Waals surface area (Å²) in [7, 11) is 0. The van der Waals surface area contributed by atoms with Crippen LogP contribution in [0.25, 0.3) is 11.0 Å². The average molecular weight is 286 g/mol. The first-order chi connectivity index (χ1) is 10.1. The van der Waals surface area contributed by atoms with Crippen molar-refractivity contribution in [2.24, 2.45) is 0 Å². The molecule has 1 aromatic carbocycles. The molecule has 6 heteroatoms. The predicted octanol–water partition coefficient (Wildman–Crippen LogP) is 2.67. The molecule has 0 spiro atoms. The first kappa shape index (κ1) is 13.5. The molecule has 110 valence electrons. The molecule has 0 saturated carbocycles. The van der Waals surface area contributed by atoms with E-state index in [-0.39, 0.29) is 0 Å². The van der Waals surface area contributed by atoms with Crippen LogP contribution in [-0.4, -0.2) is 21.1 Å². The Morgan fingerprint density at radius 1 is 1.29 bits per heavy atom. The van der Waals surface area contributed by atoms with Gasteiger partial charge in [-0.1, -0.05) is 6.07 Å². The second kappa shape index (κ2) is 5.12. The van der Waals surface area contributed by atoms with Crippen molar-refractivity contribution in [1.29, 1.82) is 0 Å². The van der Waals surface area contributed by atoms with E-state index in [2.05, 4.69) is 9.97 Å². The maximum absolute atomic E-state index is 6.04. The number of nitrogens with two attached hydrogens (primary N) is 1. The zero-order valence-corrected chi connectivity index (χ0v) is 12.4. The number of nitrogens with zero attached hydrogens (tertiary/aromatic N) is 3. The smallest absolute Gasteiger partial charge is 0.214 e. The summed E-state index contributed by atoms with van der Waals surface area (Å²) in [6.45, 7) is 6.80. The molecule has 2 aromatic heterocycles. The van der Waals surface area contributed by atoms with E-state index in [1.54, 1.807) is 0 Å². The lowest BCUT2D eigenvalue weighted by Crippen LogP contribution is -2.04. The van der Waals surface area contributed by atoms with Crippen molar-refractivity contribution in [3.8, 4) is 5.75 Å². The number of oxazole rings is 1. The Hall–Kier alpha value is -2.50. The lowest BCUT2D eigenvalue weighted by Gasteiger charge is -2.05. The number of hydrogen-bond acceptors (Lipinski definition) is 5. The highest BCUT2D eigenvalue weighted by molar-refractivity contribution is 5.84. The Morgan fingerprint density at radius 2 is 2.10 bits per heavy atom. The summed E-state index contributed by atoms with van der Waals surface area (Å²) in [5.41, 5.74) is 8.60. The average Bonchev–Trinajstić information content (AvgIpc) is 2.93. The minimum atomic E-state index is 0.422. The summed E-state index contributed by atoms with van der Waals surface area (Å²) >= 11 is 0. The molecule has 0 bridgehead atoms. The molecule has 3 aromatic rings. The molecule has 0 unspecified atom stereocenters. The van der Waals surface area contributed by atoms with E-state index in [1.807, 2.05) is 43.5 Å². The number of rotatable bonds is 4. The third-order valence-corrected chi connectivity index (χ3v) is 3.44. The van der Waals surface area contributed by atoms with Crippen LogP contribution < -0.4 is 10.5 Å². The van der Waals surface area contributed by atoms with E-state index >= 15 is 0 Å². The lowest BCUT2D eigenvalue weighted by atomic mass is 10.3. The minimum absolute atomic E-state index is 0.422. The second-order valence-electron chi connectivity index (χ2n) is 4.86. The molecule has 2 heterocycles. The molecule has 6 nitrogen and oxygen atoms in total. The quantitative estimate of drug-likeness (QED) is 0.797. The van der Waals surface area contributed by atoms with Crippen LogP contribution >= 0.6 is 0 Å². The number of fused-ring (bicyclic) bond motifs is 1. The van der Waals surface area contributed by atoms with Gasteiger partial charge in [-0.25, -0.2) is 9.97 Å². The van der Waals surface area contributed by atoms with Crippen molar-refractivity contribution >= 4 is 17.0 Å². The molecular weight excluding hydrogens is 268 g/mol.